The number of nitrogens with one attached hydrogen (secondary N) is 1. The van der Waals surface area contributed by atoms with E-state index in [-0.39, 0.29) is 0 Å². The predicted molar refractivity (Wildman–Crippen MR) is 79.3 cm³/mol. The smallest absolute Gasteiger partial charge is 0.180 e. The zero-order valence-electron chi connectivity index (χ0n) is 11.4. The lowest BCUT2D eigenvalue weighted by molar-refractivity contribution is 0.413. The van der Waals surface area contributed by atoms with Gasteiger partial charge in [-0.3, -0.25) is 4.98 Å². The molecule has 0 aliphatic carbocycles. The highest BCUT2D eigenvalue weighted by atomic mass is 16.5. The Kier molecular flexibility index (Phi) is 3.68. The molecule has 0 aromatic carbocycles. The van der Waals surface area contributed by atoms with Gasteiger partial charge in [-0.1, -0.05) is 12.1 Å². The van der Waals surface area contributed by atoms with E-state index in [0.717, 1.165) is 0 Å². The first kappa shape index (κ1) is 13.0. The van der Waals surface area contributed by atoms with Crippen LogP contribution in [0.3, 0.4) is 0 Å². The summed E-state index contributed by atoms with van der Waals surface area (Å²) in [6.07, 6.45) is 5.02. The lowest BCUT2D eigenvalue weighted by Crippen LogP contribution is -2.02. The third-order valence-corrected chi connectivity index (χ3v) is 2.78. The highest BCUT2D eigenvalue weighted by Gasteiger charge is 2.10. The average molecular weight is 279 g/mol. The molecule has 6 nitrogen and oxygen atoms in total. The molecule has 3 aromatic heterocycles. The Balaban J connectivity index is 1.98. The second kappa shape index (κ2) is 5.96. The van der Waals surface area contributed by atoms with Crippen LogP contribution in [0.2, 0.25) is 0 Å². The molecule has 0 bridgehead atoms. The van der Waals surface area contributed by atoms with Crippen LogP contribution in [0.15, 0.2) is 55.0 Å². The fourth-order valence-corrected chi connectivity index (χ4v) is 1.79. The first-order valence-electron chi connectivity index (χ1n) is 6.37. The molecule has 0 spiro atoms. The summed E-state index contributed by atoms with van der Waals surface area (Å²) in [7, 11) is 1.57. The van der Waals surface area contributed by atoms with Crippen molar-refractivity contribution in [3.8, 4) is 17.3 Å². The Morgan fingerprint density at radius 3 is 2.43 bits per heavy atom. The van der Waals surface area contributed by atoms with Gasteiger partial charge >= 0.3 is 0 Å². The number of methoxy groups -OCH3 is 1. The molecule has 0 aliphatic rings. The van der Waals surface area contributed by atoms with Crippen LogP contribution >= 0.6 is 0 Å². The maximum absolute atomic E-state index is 5.27. The highest BCUT2D eigenvalue weighted by molar-refractivity contribution is 5.62. The molecule has 21 heavy (non-hydrogen) atoms. The number of nitrogens with zero attached hydrogens (tertiary/aromatic N) is 4. The van der Waals surface area contributed by atoms with E-state index in [1.165, 1.54) is 0 Å². The minimum Gasteiger partial charge on any atom is -0.491 e. The third kappa shape index (κ3) is 2.94. The van der Waals surface area contributed by atoms with Crippen LogP contribution < -0.4 is 10.1 Å². The lowest BCUT2D eigenvalue weighted by atomic mass is 10.3. The lowest BCUT2D eigenvalue weighted by Gasteiger charge is -2.10. The summed E-state index contributed by atoms with van der Waals surface area (Å²) in [5.41, 5.74) is 0.698. The van der Waals surface area contributed by atoms with Gasteiger partial charge in [-0.15, -0.1) is 0 Å². The molecule has 0 aliphatic heterocycles. The maximum atomic E-state index is 5.27. The molecule has 0 fully saturated rings. The van der Waals surface area contributed by atoms with E-state index < -0.39 is 0 Å². The minimum absolute atomic E-state index is 0.523. The first-order valence-corrected chi connectivity index (χ1v) is 6.37. The van der Waals surface area contributed by atoms with Crippen LogP contribution in [-0.2, 0) is 0 Å². The Morgan fingerprint density at radius 1 is 0.952 bits per heavy atom. The molecule has 6 heteroatoms. The monoisotopic (exact) mass is 279 g/mol. The number of hydrogen-bond acceptors (Lipinski definition) is 6. The van der Waals surface area contributed by atoms with Crippen LogP contribution in [0.4, 0.5) is 11.6 Å². The fraction of sp³-hybridized carbons (Fsp3) is 0.0667. The molecule has 0 atom stereocenters. The number of hydrogen-bond donors (Lipinski definition) is 1. The maximum Gasteiger partial charge on any atom is 0.180 e. The van der Waals surface area contributed by atoms with Crippen molar-refractivity contribution in [1.82, 2.24) is 19.9 Å². The molecular weight excluding hydrogens is 266 g/mol. The number of rotatable bonds is 4. The number of aromatic nitrogens is 4. The van der Waals surface area contributed by atoms with E-state index in [0.29, 0.717) is 28.9 Å². The molecule has 0 amide bonds. The topological polar surface area (TPSA) is 72.8 Å². The Hall–Kier alpha value is -3.02. The van der Waals surface area contributed by atoms with Crippen molar-refractivity contribution in [2.45, 2.75) is 0 Å². The molecule has 0 unspecified atom stereocenters. The molecule has 3 heterocycles. The fourth-order valence-electron chi connectivity index (χ4n) is 1.79. The average Bonchev–Trinajstić information content (AvgIpc) is 2.56. The number of pyridine rings is 2. The summed E-state index contributed by atoms with van der Waals surface area (Å²) in [5.74, 6) is 2.29. The van der Waals surface area contributed by atoms with Crippen molar-refractivity contribution >= 4 is 11.6 Å². The summed E-state index contributed by atoms with van der Waals surface area (Å²) in [4.78, 5) is 17.2. The molecule has 1 N–H and O–H groups in total. The van der Waals surface area contributed by atoms with Crippen molar-refractivity contribution in [2.75, 3.05) is 12.4 Å². The van der Waals surface area contributed by atoms with Gasteiger partial charge in [0.15, 0.2) is 17.4 Å². The summed E-state index contributed by atoms with van der Waals surface area (Å²) in [6, 6.07) is 11.2. The zero-order valence-corrected chi connectivity index (χ0v) is 11.4. The molecular formula is C15H13N5O. The molecule has 3 aromatic rings. The molecule has 0 saturated heterocycles. The number of ether oxygens (including phenoxy) is 1. The van der Waals surface area contributed by atoms with Gasteiger partial charge in [0.2, 0.25) is 0 Å². The quantitative estimate of drug-likeness (QED) is 0.791. The van der Waals surface area contributed by atoms with E-state index in [1.807, 2.05) is 36.4 Å². The Labute approximate surface area is 121 Å². The van der Waals surface area contributed by atoms with E-state index in [2.05, 4.69) is 25.3 Å². The zero-order chi connectivity index (χ0) is 14.5. The summed E-state index contributed by atoms with van der Waals surface area (Å²) in [6.45, 7) is 0. The highest BCUT2D eigenvalue weighted by Crippen LogP contribution is 2.25. The second-order valence-corrected chi connectivity index (χ2v) is 4.17. The van der Waals surface area contributed by atoms with Crippen molar-refractivity contribution in [2.24, 2.45) is 0 Å². The van der Waals surface area contributed by atoms with Gasteiger partial charge in [-0.05, 0) is 24.3 Å². The van der Waals surface area contributed by atoms with Gasteiger partial charge < -0.3 is 10.1 Å². The van der Waals surface area contributed by atoms with Crippen LogP contribution in [0.5, 0.6) is 5.75 Å². The van der Waals surface area contributed by atoms with Crippen LogP contribution in [0.1, 0.15) is 0 Å². The van der Waals surface area contributed by atoms with Crippen molar-refractivity contribution in [1.29, 1.82) is 0 Å². The first-order chi connectivity index (χ1) is 10.4. The summed E-state index contributed by atoms with van der Waals surface area (Å²) < 4.78 is 5.27. The van der Waals surface area contributed by atoms with Crippen LogP contribution in [0.25, 0.3) is 11.5 Å². The molecule has 104 valence electrons. The van der Waals surface area contributed by atoms with E-state index in [9.17, 15) is 0 Å². The molecule has 3 rings (SSSR count). The standard InChI is InChI=1S/C15H13N5O/c1-21-12-10-18-14(11-6-2-4-8-16-11)20-15(12)19-13-7-3-5-9-17-13/h2-10H,1H3,(H,17,18,19,20). The summed E-state index contributed by atoms with van der Waals surface area (Å²) >= 11 is 0. The Morgan fingerprint density at radius 2 is 1.76 bits per heavy atom. The largest absolute Gasteiger partial charge is 0.491 e. The third-order valence-electron chi connectivity index (χ3n) is 2.78. The second-order valence-electron chi connectivity index (χ2n) is 4.17. The van der Waals surface area contributed by atoms with Gasteiger partial charge in [-0.25, -0.2) is 15.0 Å². The van der Waals surface area contributed by atoms with Gasteiger partial charge in [0.05, 0.1) is 13.3 Å². The molecule has 0 radical (unpaired) electrons. The van der Waals surface area contributed by atoms with Crippen molar-refractivity contribution < 1.29 is 4.74 Å². The van der Waals surface area contributed by atoms with Gasteiger partial charge in [0.1, 0.15) is 11.5 Å². The van der Waals surface area contributed by atoms with E-state index in [4.69, 9.17) is 4.74 Å². The van der Waals surface area contributed by atoms with Gasteiger partial charge in [0.25, 0.3) is 0 Å². The van der Waals surface area contributed by atoms with Crippen molar-refractivity contribution in [3.63, 3.8) is 0 Å². The van der Waals surface area contributed by atoms with Crippen LogP contribution in [0, 0.1) is 0 Å². The SMILES string of the molecule is COc1cnc(-c2ccccn2)nc1Nc1ccccn1. The van der Waals surface area contributed by atoms with Gasteiger partial charge in [-0.2, -0.15) is 0 Å². The van der Waals surface area contributed by atoms with E-state index in [1.54, 1.807) is 25.7 Å². The van der Waals surface area contributed by atoms with Crippen molar-refractivity contribution in [3.05, 3.63) is 55.0 Å². The number of anilines is 2. The minimum atomic E-state index is 0.523. The normalized spacial score (nSPS) is 10.1. The van der Waals surface area contributed by atoms with Gasteiger partial charge in [0, 0.05) is 12.4 Å². The van der Waals surface area contributed by atoms with E-state index >= 15 is 0 Å². The van der Waals surface area contributed by atoms with Crippen LogP contribution in [-0.4, -0.2) is 27.0 Å². The predicted octanol–water partition coefficient (Wildman–Crippen LogP) is 2.69. The molecule has 0 saturated carbocycles. The summed E-state index contributed by atoms with van der Waals surface area (Å²) in [5, 5.41) is 3.12. The Bertz CT molecular complexity index is 719.